The third kappa shape index (κ3) is 2.31. The molecule has 0 amide bonds. The van der Waals surface area contributed by atoms with Crippen LogP contribution in [-0.4, -0.2) is 11.1 Å². The van der Waals surface area contributed by atoms with Crippen LogP contribution in [0.3, 0.4) is 0 Å². The summed E-state index contributed by atoms with van der Waals surface area (Å²) in [4.78, 5) is 13.1. The minimum absolute atomic E-state index is 0.0765. The second-order valence-corrected chi connectivity index (χ2v) is 4.93. The number of aryl methyl sites for hydroxylation is 1. The first-order chi connectivity index (χ1) is 7.66. The maximum absolute atomic E-state index is 10.8. The predicted molar refractivity (Wildman–Crippen MR) is 65.8 cm³/mol. The second-order valence-electron chi connectivity index (χ2n) is 3.64. The Morgan fingerprint density at radius 2 is 2.00 bits per heavy atom. The average molecular weight is 232 g/mol. The average Bonchev–Trinajstić information content (AvgIpc) is 2.65. The number of hydrogen-bond acceptors (Lipinski definition) is 2. The van der Waals surface area contributed by atoms with Gasteiger partial charge in [-0.05, 0) is 30.2 Å². The summed E-state index contributed by atoms with van der Waals surface area (Å²) in [5, 5.41) is 8.85. The van der Waals surface area contributed by atoms with Gasteiger partial charge in [0, 0.05) is 9.75 Å². The van der Waals surface area contributed by atoms with Gasteiger partial charge in [0.25, 0.3) is 0 Å². The molecular weight excluding hydrogens is 220 g/mol. The third-order valence-electron chi connectivity index (χ3n) is 2.36. The van der Waals surface area contributed by atoms with Crippen molar-refractivity contribution in [1.82, 2.24) is 0 Å². The lowest BCUT2D eigenvalue weighted by Crippen LogP contribution is -2.01. The molecule has 0 radical (unpaired) electrons. The number of carboxylic acids is 1. The highest BCUT2D eigenvalue weighted by Gasteiger charge is 2.09. The van der Waals surface area contributed by atoms with Crippen molar-refractivity contribution in [2.45, 2.75) is 13.3 Å². The van der Waals surface area contributed by atoms with E-state index < -0.39 is 5.97 Å². The Hall–Kier alpha value is -1.61. The van der Waals surface area contributed by atoms with Crippen LogP contribution in [0.15, 0.2) is 36.4 Å². The lowest BCUT2D eigenvalue weighted by molar-refractivity contribution is -0.136. The number of benzene rings is 1. The normalized spacial score (nSPS) is 10.3. The monoisotopic (exact) mass is 232 g/mol. The highest BCUT2D eigenvalue weighted by molar-refractivity contribution is 7.15. The molecule has 2 aromatic rings. The van der Waals surface area contributed by atoms with Crippen LogP contribution >= 0.6 is 11.3 Å². The standard InChI is InChI=1S/C13H12O2S/c1-9-6-7-12(16-9)11-5-3-2-4-10(11)8-13(14)15/h2-7H,8H2,1H3,(H,14,15). The summed E-state index contributed by atoms with van der Waals surface area (Å²) in [6.07, 6.45) is 0.0765. The van der Waals surface area contributed by atoms with E-state index in [1.807, 2.05) is 37.3 Å². The molecule has 2 rings (SSSR count). The van der Waals surface area contributed by atoms with E-state index in [9.17, 15) is 4.79 Å². The molecule has 0 aliphatic rings. The van der Waals surface area contributed by atoms with Gasteiger partial charge in [0.1, 0.15) is 0 Å². The van der Waals surface area contributed by atoms with Crippen molar-refractivity contribution in [1.29, 1.82) is 0 Å². The van der Waals surface area contributed by atoms with Gasteiger partial charge in [0.05, 0.1) is 6.42 Å². The van der Waals surface area contributed by atoms with Crippen LogP contribution in [0.5, 0.6) is 0 Å². The quantitative estimate of drug-likeness (QED) is 0.881. The molecule has 0 aliphatic carbocycles. The molecule has 2 nitrogen and oxygen atoms in total. The maximum Gasteiger partial charge on any atom is 0.307 e. The van der Waals surface area contributed by atoms with Crippen LogP contribution in [0.1, 0.15) is 10.4 Å². The molecule has 0 bridgehead atoms. The number of rotatable bonds is 3. The van der Waals surface area contributed by atoms with Crippen molar-refractivity contribution >= 4 is 17.3 Å². The van der Waals surface area contributed by atoms with Gasteiger partial charge >= 0.3 is 5.97 Å². The highest BCUT2D eigenvalue weighted by Crippen LogP contribution is 2.30. The van der Waals surface area contributed by atoms with E-state index in [0.717, 1.165) is 16.0 Å². The second kappa shape index (κ2) is 4.49. The number of carboxylic acid groups (broad SMARTS) is 1. The van der Waals surface area contributed by atoms with Crippen LogP contribution in [0.25, 0.3) is 10.4 Å². The molecule has 0 saturated carbocycles. The van der Waals surface area contributed by atoms with Gasteiger partial charge in [-0.2, -0.15) is 0 Å². The Bertz CT molecular complexity index is 514. The SMILES string of the molecule is Cc1ccc(-c2ccccc2CC(=O)O)s1. The van der Waals surface area contributed by atoms with E-state index in [1.54, 1.807) is 11.3 Å². The zero-order valence-electron chi connectivity index (χ0n) is 8.93. The number of aliphatic carboxylic acids is 1. The van der Waals surface area contributed by atoms with Crippen LogP contribution in [-0.2, 0) is 11.2 Å². The fourth-order valence-electron chi connectivity index (χ4n) is 1.66. The fourth-order valence-corrected chi connectivity index (χ4v) is 2.59. The number of thiophene rings is 1. The first-order valence-corrected chi connectivity index (χ1v) is 5.85. The van der Waals surface area contributed by atoms with Crippen LogP contribution in [0, 0.1) is 6.92 Å². The van der Waals surface area contributed by atoms with E-state index in [4.69, 9.17) is 5.11 Å². The molecule has 0 atom stereocenters. The zero-order chi connectivity index (χ0) is 11.5. The molecule has 0 spiro atoms. The first-order valence-electron chi connectivity index (χ1n) is 5.03. The molecule has 82 valence electrons. The zero-order valence-corrected chi connectivity index (χ0v) is 9.75. The summed E-state index contributed by atoms with van der Waals surface area (Å²) in [6, 6.07) is 11.8. The summed E-state index contributed by atoms with van der Waals surface area (Å²) in [6.45, 7) is 2.05. The summed E-state index contributed by atoms with van der Waals surface area (Å²) in [7, 11) is 0. The van der Waals surface area contributed by atoms with Crippen molar-refractivity contribution < 1.29 is 9.90 Å². The number of carbonyl (C=O) groups is 1. The van der Waals surface area contributed by atoms with Gasteiger partial charge in [-0.25, -0.2) is 0 Å². The molecule has 0 fully saturated rings. The first kappa shape index (κ1) is 10.9. The molecular formula is C13H12O2S. The molecule has 1 N–H and O–H groups in total. The summed E-state index contributed by atoms with van der Waals surface area (Å²) >= 11 is 1.69. The third-order valence-corrected chi connectivity index (χ3v) is 3.40. The molecule has 1 heterocycles. The van der Waals surface area contributed by atoms with Crippen LogP contribution < -0.4 is 0 Å². The maximum atomic E-state index is 10.8. The van der Waals surface area contributed by atoms with E-state index >= 15 is 0 Å². The van der Waals surface area contributed by atoms with Gasteiger partial charge in [0.2, 0.25) is 0 Å². The van der Waals surface area contributed by atoms with Crippen molar-refractivity contribution in [2.24, 2.45) is 0 Å². The van der Waals surface area contributed by atoms with Crippen LogP contribution in [0.2, 0.25) is 0 Å². The van der Waals surface area contributed by atoms with Crippen LogP contribution in [0.4, 0.5) is 0 Å². The molecule has 3 heteroatoms. The molecule has 1 aromatic heterocycles. The molecule has 0 saturated heterocycles. The summed E-state index contributed by atoms with van der Waals surface area (Å²) < 4.78 is 0. The smallest absolute Gasteiger partial charge is 0.307 e. The topological polar surface area (TPSA) is 37.3 Å². The summed E-state index contributed by atoms with van der Waals surface area (Å²) in [5.41, 5.74) is 1.90. The van der Waals surface area contributed by atoms with Crippen molar-refractivity contribution in [3.05, 3.63) is 46.8 Å². The van der Waals surface area contributed by atoms with E-state index in [0.29, 0.717) is 0 Å². The van der Waals surface area contributed by atoms with Crippen molar-refractivity contribution in [3.63, 3.8) is 0 Å². The Kier molecular flexibility index (Phi) is 3.06. The highest BCUT2D eigenvalue weighted by atomic mass is 32.1. The van der Waals surface area contributed by atoms with Gasteiger partial charge in [-0.15, -0.1) is 11.3 Å². The van der Waals surface area contributed by atoms with E-state index in [1.165, 1.54) is 4.88 Å². The fraction of sp³-hybridized carbons (Fsp3) is 0.154. The lowest BCUT2D eigenvalue weighted by Gasteiger charge is -2.04. The van der Waals surface area contributed by atoms with Gasteiger partial charge in [-0.1, -0.05) is 24.3 Å². The van der Waals surface area contributed by atoms with Gasteiger partial charge in [0.15, 0.2) is 0 Å². The van der Waals surface area contributed by atoms with Crippen molar-refractivity contribution in [3.8, 4) is 10.4 Å². The van der Waals surface area contributed by atoms with E-state index in [2.05, 4.69) is 6.07 Å². The van der Waals surface area contributed by atoms with E-state index in [-0.39, 0.29) is 6.42 Å². The van der Waals surface area contributed by atoms with Gasteiger partial charge in [-0.3, -0.25) is 4.79 Å². The largest absolute Gasteiger partial charge is 0.481 e. The van der Waals surface area contributed by atoms with Crippen molar-refractivity contribution in [2.75, 3.05) is 0 Å². The number of hydrogen-bond donors (Lipinski definition) is 1. The Morgan fingerprint density at radius 1 is 1.25 bits per heavy atom. The Balaban J connectivity index is 2.43. The Morgan fingerprint density at radius 3 is 2.62 bits per heavy atom. The van der Waals surface area contributed by atoms with Gasteiger partial charge < -0.3 is 5.11 Å². The molecule has 0 unspecified atom stereocenters. The lowest BCUT2D eigenvalue weighted by atomic mass is 10.0. The molecule has 1 aromatic carbocycles. The minimum Gasteiger partial charge on any atom is -0.481 e. The molecule has 16 heavy (non-hydrogen) atoms. The minimum atomic E-state index is -0.791. The predicted octanol–water partition coefficient (Wildman–Crippen LogP) is 3.35. The molecule has 0 aliphatic heterocycles. The summed E-state index contributed by atoms with van der Waals surface area (Å²) in [5.74, 6) is -0.791. The Labute approximate surface area is 98.2 Å².